The smallest absolute Gasteiger partial charge is 0.325 e. The van der Waals surface area contributed by atoms with E-state index in [9.17, 15) is 14.4 Å². The SMILES string of the molecule is CCn1cccc1C(=O)N(CC(=O)OC)CC(=O)OC. The van der Waals surface area contributed by atoms with E-state index in [2.05, 4.69) is 9.47 Å². The second-order valence-corrected chi connectivity index (χ2v) is 3.99. The summed E-state index contributed by atoms with van der Waals surface area (Å²) < 4.78 is 10.8. The second kappa shape index (κ2) is 7.32. The van der Waals surface area contributed by atoms with Crippen molar-refractivity contribution < 1.29 is 23.9 Å². The molecule has 1 amide bonds. The fourth-order valence-corrected chi connectivity index (χ4v) is 1.69. The van der Waals surface area contributed by atoms with Crippen LogP contribution in [0.3, 0.4) is 0 Å². The Balaban J connectivity index is 2.94. The molecule has 7 nitrogen and oxygen atoms in total. The third-order valence-electron chi connectivity index (χ3n) is 2.77. The van der Waals surface area contributed by atoms with Gasteiger partial charge in [0.05, 0.1) is 14.2 Å². The molecule has 0 radical (unpaired) electrons. The van der Waals surface area contributed by atoms with Gasteiger partial charge < -0.3 is 18.9 Å². The van der Waals surface area contributed by atoms with Crippen LogP contribution < -0.4 is 0 Å². The van der Waals surface area contributed by atoms with Crippen LogP contribution in [0, 0.1) is 0 Å². The average molecular weight is 282 g/mol. The number of amides is 1. The number of aromatic nitrogens is 1. The van der Waals surface area contributed by atoms with Crippen LogP contribution in [0.2, 0.25) is 0 Å². The molecular weight excluding hydrogens is 264 g/mol. The lowest BCUT2D eigenvalue weighted by Gasteiger charge is -2.20. The molecule has 0 bridgehead atoms. The number of nitrogens with zero attached hydrogens (tertiary/aromatic N) is 2. The summed E-state index contributed by atoms with van der Waals surface area (Å²) in [5, 5.41) is 0. The molecule has 1 aromatic heterocycles. The van der Waals surface area contributed by atoms with Crippen molar-refractivity contribution in [2.24, 2.45) is 0 Å². The fraction of sp³-hybridized carbons (Fsp3) is 0.462. The monoisotopic (exact) mass is 282 g/mol. The molecule has 0 saturated carbocycles. The summed E-state index contributed by atoms with van der Waals surface area (Å²) >= 11 is 0. The minimum atomic E-state index is -0.600. The van der Waals surface area contributed by atoms with Crippen molar-refractivity contribution in [2.75, 3.05) is 27.3 Å². The number of rotatable bonds is 6. The molecule has 0 aliphatic heterocycles. The number of carbonyl (C=O) groups is 3. The molecule has 7 heteroatoms. The maximum atomic E-state index is 12.4. The van der Waals surface area contributed by atoms with Gasteiger partial charge in [-0.15, -0.1) is 0 Å². The van der Waals surface area contributed by atoms with E-state index >= 15 is 0 Å². The molecule has 0 aromatic carbocycles. The lowest BCUT2D eigenvalue weighted by Crippen LogP contribution is -2.41. The van der Waals surface area contributed by atoms with E-state index < -0.39 is 17.8 Å². The minimum Gasteiger partial charge on any atom is -0.468 e. The first-order chi connectivity index (χ1) is 9.53. The number of methoxy groups -OCH3 is 2. The Morgan fingerprint density at radius 1 is 1.15 bits per heavy atom. The summed E-state index contributed by atoms with van der Waals surface area (Å²) in [5.41, 5.74) is 0.403. The van der Waals surface area contributed by atoms with Crippen LogP contribution >= 0.6 is 0 Å². The Morgan fingerprint density at radius 3 is 2.15 bits per heavy atom. The van der Waals surface area contributed by atoms with E-state index in [1.165, 1.54) is 14.2 Å². The van der Waals surface area contributed by atoms with Crippen molar-refractivity contribution in [3.63, 3.8) is 0 Å². The maximum Gasteiger partial charge on any atom is 0.325 e. The lowest BCUT2D eigenvalue weighted by molar-refractivity contribution is -0.144. The lowest BCUT2D eigenvalue weighted by atomic mass is 10.3. The van der Waals surface area contributed by atoms with Gasteiger partial charge in [0.25, 0.3) is 5.91 Å². The van der Waals surface area contributed by atoms with E-state index in [-0.39, 0.29) is 13.1 Å². The van der Waals surface area contributed by atoms with Gasteiger partial charge in [-0.2, -0.15) is 0 Å². The molecule has 1 aromatic rings. The summed E-state index contributed by atoms with van der Waals surface area (Å²) in [6.07, 6.45) is 1.75. The highest BCUT2D eigenvalue weighted by molar-refractivity contribution is 5.96. The number of hydrogen-bond donors (Lipinski definition) is 0. The molecule has 0 aliphatic rings. The van der Waals surface area contributed by atoms with Gasteiger partial charge in [-0.1, -0.05) is 0 Å². The number of ether oxygens (including phenoxy) is 2. The summed E-state index contributed by atoms with van der Waals surface area (Å²) in [6, 6.07) is 3.36. The molecule has 0 spiro atoms. The van der Waals surface area contributed by atoms with E-state index in [1.54, 1.807) is 22.9 Å². The van der Waals surface area contributed by atoms with E-state index in [4.69, 9.17) is 0 Å². The summed E-state index contributed by atoms with van der Waals surface area (Å²) in [7, 11) is 2.44. The van der Waals surface area contributed by atoms with Crippen molar-refractivity contribution in [2.45, 2.75) is 13.5 Å². The summed E-state index contributed by atoms with van der Waals surface area (Å²) in [4.78, 5) is 36.2. The first-order valence-electron chi connectivity index (χ1n) is 6.11. The zero-order chi connectivity index (χ0) is 15.1. The minimum absolute atomic E-state index is 0.306. The Hall–Kier alpha value is -2.31. The van der Waals surface area contributed by atoms with E-state index in [0.717, 1.165) is 4.90 Å². The van der Waals surface area contributed by atoms with Crippen LogP contribution in [-0.4, -0.2) is 54.6 Å². The first-order valence-corrected chi connectivity index (χ1v) is 6.11. The number of hydrogen-bond acceptors (Lipinski definition) is 5. The van der Waals surface area contributed by atoms with Gasteiger partial charge in [-0.05, 0) is 19.1 Å². The van der Waals surface area contributed by atoms with E-state index in [0.29, 0.717) is 12.2 Å². The molecule has 0 saturated heterocycles. The molecule has 0 fully saturated rings. The molecule has 0 aliphatic carbocycles. The van der Waals surface area contributed by atoms with Crippen LogP contribution in [0.5, 0.6) is 0 Å². The van der Waals surface area contributed by atoms with Crippen LogP contribution in [0.4, 0.5) is 0 Å². The standard InChI is InChI=1S/C13H18N2O5/c1-4-14-7-5-6-10(14)13(18)15(8-11(16)19-2)9-12(17)20-3/h5-7H,4,8-9H2,1-3H3. The van der Waals surface area contributed by atoms with Gasteiger partial charge in [-0.25, -0.2) is 0 Å². The Morgan fingerprint density at radius 2 is 1.70 bits per heavy atom. The highest BCUT2D eigenvalue weighted by Gasteiger charge is 2.24. The Kier molecular flexibility index (Phi) is 5.76. The number of aryl methyl sites for hydroxylation is 1. The van der Waals surface area contributed by atoms with Gasteiger partial charge in [0.1, 0.15) is 18.8 Å². The van der Waals surface area contributed by atoms with Gasteiger partial charge >= 0.3 is 11.9 Å². The fourth-order valence-electron chi connectivity index (χ4n) is 1.69. The van der Waals surface area contributed by atoms with Crippen molar-refractivity contribution in [3.8, 4) is 0 Å². The Labute approximate surface area is 117 Å². The van der Waals surface area contributed by atoms with Crippen LogP contribution in [-0.2, 0) is 25.6 Å². The zero-order valence-electron chi connectivity index (χ0n) is 11.8. The molecule has 1 rings (SSSR count). The summed E-state index contributed by atoms with van der Waals surface area (Å²) in [5.74, 6) is -1.62. The molecule has 0 N–H and O–H groups in total. The van der Waals surface area contributed by atoms with Gasteiger partial charge in [-0.3, -0.25) is 14.4 Å². The number of esters is 2. The average Bonchev–Trinajstić information content (AvgIpc) is 2.93. The van der Waals surface area contributed by atoms with Crippen molar-refractivity contribution >= 4 is 17.8 Å². The van der Waals surface area contributed by atoms with Crippen molar-refractivity contribution in [3.05, 3.63) is 24.0 Å². The van der Waals surface area contributed by atoms with Gasteiger partial charge in [0.15, 0.2) is 0 Å². The van der Waals surface area contributed by atoms with Crippen LogP contribution in [0.1, 0.15) is 17.4 Å². The zero-order valence-corrected chi connectivity index (χ0v) is 11.8. The van der Waals surface area contributed by atoms with Crippen molar-refractivity contribution in [1.82, 2.24) is 9.47 Å². The van der Waals surface area contributed by atoms with Crippen LogP contribution in [0.25, 0.3) is 0 Å². The van der Waals surface area contributed by atoms with Crippen LogP contribution in [0.15, 0.2) is 18.3 Å². The molecule has 1 heterocycles. The maximum absolute atomic E-state index is 12.4. The molecule has 0 unspecified atom stereocenters. The third-order valence-corrected chi connectivity index (χ3v) is 2.77. The molecule has 0 atom stereocenters. The topological polar surface area (TPSA) is 77.8 Å². The van der Waals surface area contributed by atoms with E-state index in [1.807, 2.05) is 6.92 Å². The molecular formula is C13H18N2O5. The highest BCUT2D eigenvalue weighted by Crippen LogP contribution is 2.07. The predicted octanol–water partition coefficient (Wildman–Crippen LogP) is 0.296. The second-order valence-electron chi connectivity index (χ2n) is 3.99. The normalized spacial score (nSPS) is 9.95. The quantitative estimate of drug-likeness (QED) is 0.701. The van der Waals surface area contributed by atoms with Crippen molar-refractivity contribution in [1.29, 1.82) is 0 Å². The Bertz CT molecular complexity index is 477. The number of carbonyl (C=O) groups excluding carboxylic acids is 3. The first kappa shape index (κ1) is 15.7. The predicted molar refractivity (Wildman–Crippen MR) is 70.0 cm³/mol. The third kappa shape index (κ3) is 3.84. The van der Waals surface area contributed by atoms with Gasteiger partial charge in [0, 0.05) is 12.7 Å². The summed E-state index contributed by atoms with van der Waals surface area (Å²) in [6.45, 7) is 1.89. The largest absolute Gasteiger partial charge is 0.468 e. The molecule has 20 heavy (non-hydrogen) atoms. The molecule has 110 valence electrons. The highest BCUT2D eigenvalue weighted by atomic mass is 16.5. The van der Waals surface area contributed by atoms with Gasteiger partial charge in [0.2, 0.25) is 0 Å².